The highest BCUT2D eigenvalue weighted by Gasteiger charge is 2.23. The second-order valence-electron chi connectivity index (χ2n) is 5.55. The van der Waals surface area contributed by atoms with Crippen molar-refractivity contribution in [3.63, 3.8) is 0 Å². The highest BCUT2D eigenvalue weighted by molar-refractivity contribution is 5.74. The van der Waals surface area contributed by atoms with Gasteiger partial charge in [-0.05, 0) is 37.6 Å². The zero-order chi connectivity index (χ0) is 12.8. The van der Waals surface area contributed by atoms with Gasteiger partial charge in [-0.15, -0.1) is 0 Å². The number of amides is 2. The van der Waals surface area contributed by atoms with Crippen molar-refractivity contribution in [1.29, 1.82) is 0 Å². The minimum Gasteiger partial charge on any atom is -0.335 e. The fraction of sp³-hybridized carbons (Fsp3) is 0.923. The molecule has 1 atom stereocenters. The Balaban J connectivity index is 2.41. The number of likely N-dealkylation sites (tertiary alicyclic amines) is 1. The minimum absolute atomic E-state index is 0.0871. The molecular weight excluding hydrogens is 214 g/mol. The Labute approximate surface area is 105 Å². The number of nitrogens with zero attached hydrogens (tertiary/aromatic N) is 1. The average molecular weight is 241 g/mol. The predicted octanol–water partition coefficient (Wildman–Crippen LogP) is 1.80. The first-order valence-electron chi connectivity index (χ1n) is 6.80. The second-order valence-corrected chi connectivity index (χ2v) is 5.55. The number of hydrogen-bond donors (Lipinski definition) is 2. The Bertz CT molecular complexity index is 235. The van der Waals surface area contributed by atoms with Crippen LogP contribution in [0.1, 0.15) is 40.0 Å². The summed E-state index contributed by atoms with van der Waals surface area (Å²) in [5.41, 5.74) is 5.57. The first-order valence-corrected chi connectivity index (χ1v) is 6.80. The predicted molar refractivity (Wildman–Crippen MR) is 70.8 cm³/mol. The third-order valence-electron chi connectivity index (χ3n) is 3.66. The summed E-state index contributed by atoms with van der Waals surface area (Å²) < 4.78 is 0. The Kier molecular flexibility index (Phi) is 5.75. The van der Waals surface area contributed by atoms with Gasteiger partial charge in [-0.3, -0.25) is 0 Å². The lowest BCUT2D eigenvalue weighted by Crippen LogP contribution is -2.49. The number of urea groups is 1. The van der Waals surface area contributed by atoms with Crippen molar-refractivity contribution in [1.82, 2.24) is 10.2 Å². The monoisotopic (exact) mass is 241 g/mol. The third-order valence-corrected chi connectivity index (χ3v) is 3.66. The lowest BCUT2D eigenvalue weighted by molar-refractivity contribution is 0.167. The van der Waals surface area contributed by atoms with Crippen LogP contribution in [0.4, 0.5) is 4.79 Å². The minimum atomic E-state index is 0.0871. The Hall–Kier alpha value is -0.770. The molecule has 17 heavy (non-hydrogen) atoms. The number of hydrogen-bond acceptors (Lipinski definition) is 2. The molecule has 3 N–H and O–H groups in total. The van der Waals surface area contributed by atoms with Gasteiger partial charge in [0.2, 0.25) is 0 Å². The molecular formula is C13H27N3O. The molecule has 0 aliphatic carbocycles. The van der Waals surface area contributed by atoms with Gasteiger partial charge < -0.3 is 16.0 Å². The van der Waals surface area contributed by atoms with Gasteiger partial charge in [0.05, 0.1) is 0 Å². The molecule has 0 bridgehead atoms. The molecule has 0 aromatic rings. The van der Waals surface area contributed by atoms with Crippen molar-refractivity contribution in [3.05, 3.63) is 0 Å². The van der Waals surface area contributed by atoms with Crippen LogP contribution in [0.2, 0.25) is 0 Å². The maximum absolute atomic E-state index is 12.1. The number of rotatable bonds is 4. The molecule has 2 amide bonds. The van der Waals surface area contributed by atoms with Gasteiger partial charge in [-0.1, -0.05) is 20.8 Å². The van der Waals surface area contributed by atoms with Crippen LogP contribution in [0.25, 0.3) is 0 Å². The van der Waals surface area contributed by atoms with E-state index < -0.39 is 0 Å². The summed E-state index contributed by atoms with van der Waals surface area (Å²) in [6.07, 6.45) is 3.10. The summed E-state index contributed by atoms with van der Waals surface area (Å²) in [5.74, 6) is 1.19. The van der Waals surface area contributed by atoms with Crippen LogP contribution >= 0.6 is 0 Å². The van der Waals surface area contributed by atoms with Crippen molar-refractivity contribution in [2.45, 2.75) is 46.1 Å². The number of carbonyl (C=O) groups is 1. The van der Waals surface area contributed by atoms with Crippen LogP contribution in [-0.2, 0) is 0 Å². The Morgan fingerprint density at radius 1 is 1.41 bits per heavy atom. The molecule has 100 valence electrons. The number of piperidine rings is 1. The molecule has 1 aliphatic rings. The number of nitrogens with two attached hydrogens (primary N) is 1. The van der Waals surface area contributed by atoms with E-state index in [2.05, 4.69) is 26.1 Å². The van der Waals surface area contributed by atoms with Crippen molar-refractivity contribution in [3.8, 4) is 0 Å². The van der Waals surface area contributed by atoms with E-state index in [0.29, 0.717) is 12.5 Å². The van der Waals surface area contributed by atoms with E-state index in [1.165, 1.54) is 0 Å². The smallest absolute Gasteiger partial charge is 0.317 e. The summed E-state index contributed by atoms with van der Waals surface area (Å²) in [7, 11) is 0. The van der Waals surface area contributed by atoms with Crippen LogP contribution in [-0.4, -0.2) is 36.6 Å². The van der Waals surface area contributed by atoms with Crippen molar-refractivity contribution < 1.29 is 4.79 Å². The maximum atomic E-state index is 12.1. The lowest BCUT2D eigenvalue weighted by atomic mass is 9.99. The zero-order valence-electron chi connectivity index (χ0n) is 11.4. The van der Waals surface area contributed by atoms with Crippen molar-refractivity contribution in [2.75, 3.05) is 19.6 Å². The van der Waals surface area contributed by atoms with Gasteiger partial charge in [0.1, 0.15) is 0 Å². The molecule has 1 fully saturated rings. The summed E-state index contributed by atoms with van der Waals surface area (Å²) in [4.78, 5) is 14.0. The third kappa shape index (κ3) is 4.54. The van der Waals surface area contributed by atoms with Gasteiger partial charge in [-0.2, -0.15) is 0 Å². The highest BCUT2D eigenvalue weighted by atomic mass is 16.2. The lowest BCUT2D eigenvalue weighted by Gasteiger charge is -2.32. The van der Waals surface area contributed by atoms with Crippen LogP contribution < -0.4 is 11.1 Å². The SMILES string of the molecule is CC1CCN(C(=O)NC(CCN)C(C)C)CC1. The van der Waals surface area contributed by atoms with Crippen LogP contribution in [0.3, 0.4) is 0 Å². The summed E-state index contributed by atoms with van der Waals surface area (Å²) in [6, 6.07) is 0.288. The van der Waals surface area contributed by atoms with E-state index in [1.54, 1.807) is 0 Å². The fourth-order valence-corrected chi connectivity index (χ4v) is 2.21. The molecule has 0 saturated carbocycles. The fourth-order valence-electron chi connectivity index (χ4n) is 2.21. The van der Waals surface area contributed by atoms with Gasteiger partial charge in [0.25, 0.3) is 0 Å². The Morgan fingerprint density at radius 3 is 2.47 bits per heavy atom. The Morgan fingerprint density at radius 2 is 2.00 bits per heavy atom. The molecule has 1 unspecified atom stereocenters. The van der Waals surface area contributed by atoms with Crippen LogP contribution in [0.5, 0.6) is 0 Å². The van der Waals surface area contributed by atoms with Crippen molar-refractivity contribution >= 4 is 6.03 Å². The highest BCUT2D eigenvalue weighted by Crippen LogP contribution is 2.16. The molecule has 1 rings (SSSR count). The molecule has 4 heteroatoms. The summed E-state index contributed by atoms with van der Waals surface area (Å²) in [5, 5.41) is 3.11. The van der Waals surface area contributed by atoms with E-state index in [1.807, 2.05) is 4.90 Å². The molecule has 0 aromatic heterocycles. The summed E-state index contributed by atoms with van der Waals surface area (Å²) in [6.45, 7) is 8.90. The van der Waals surface area contributed by atoms with E-state index in [4.69, 9.17) is 5.73 Å². The number of carbonyl (C=O) groups excluding carboxylic acids is 1. The first kappa shape index (κ1) is 14.3. The molecule has 0 radical (unpaired) electrons. The topological polar surface area (TPSA) is 58.4 Å². The quantitative estimate of drug-likeness (QED) is 0.788. The first-order chi connectivity index (χ1) is 8.04. The zero-order valence-corrected chi connectivity index (χ0v) is 11.4. The van der Waals surface area contributed by atoms with E-state index in [0.717, 1.165) is 38.3 Å². The van der Waals surface area contributed by atoms with Gasteiger partial charge >= 0.3 is 6.03 Å². The van der Waals surface area contributed by atoms with Gasteiger partial charge in [-0.25, -0.2) is 4.79 Å². The number of nitrogens with one attached hydrogen (secondary N) is 1. The molecule has 1 aliphatic heterocycles. The van der Waals surface area contributed by atoms with Gasteiger partial charge in [0.15, 0.2) is 0 Å². The molecule has 1 saturated heterocycles. The van der Waals surface area contributed by atoms with Crippen LogP contribution in [0.15, 0.2) is 0 Å². The molecule has 0 spiro atoms. The molecule has 4 nitrogen and oxygen atoms in total. The van der Waals surface area contributed by atoms with Crippen LogP contribution in [0, 0.1) is 11.8 Å². The molecule has 0 aromatic carbocycles. The van der Waals surface area contributed by atoms with Crippen molar-refractivity contribution in [2.24, 2.45) is 17.6 Å². The van der Waals surface area contributed by atoms with E-state index >= 15 is 0 Å². The maximum Gasteiger partial charge on any atom is 0.317 e. The van der Waals surface area contributed by atoms with Gasteiger partial charge in [0, 0.05) is 19.1 Å². The van der Waals surface area contributed by atoms with E-state index in [9.17, 15) is 4.79 Å². The largest absolute Gasteiger partial charge is 0.335 e. The normalized spacial score (nSPS) is 19.5. The summed E-state index contributed by atoms with van der Waals surface area (Å²) >= 11 is 0. The second kappa shape index (κ2) is 6.84. The average Bonchev–Trinajstić information content (AvgIpc) is 2.29. The van der Waals surface area contributed by atoms with E-state index in [-0.39, 0.29) is 12.1 Å². The standard InChI is InChI=1S/C13H27N3O/c1-10(2)12(4-7-14)15-13(17)16-8-5-11(3)6-9-16/h10-12H,4-9,14H2,1-3H3,(H,15,17). The molecule has 1 heterocycles.